The molecule has 4 heteroatoms. The van der Waals surface area contributed by atoms with Crippen LogP contribution in [0.25, 0.3) is 0 Å². The molecule has 1 rings (SSSR count). The highest BCUT2D eigenvalue weighted by Gasteiger charge is 2.16. The second kappa shape index (κ2) is 6.00. The minimum atomic E-state index is -0.461. The Kier molecular flexibility index (Phi) is 4.64. The van der Waals surface area contributed by atoms with E-state index in [0.717, 1.165) is 0 Å². The number of carbonyl (C=O) groups is 1. The lowest BCUT2D eigenvalue weighted by Crippen LogP contribution is -2.35. The Bertz CT molecular complexity index is 352. The maximum Gasteiger partial charge on any atom is 0.260 e. The van der Waals surface area contributed by atoms with Crippen LogP contribution in [-0.2, 0) is 4.79 Å². The van der Waals surface area contributed by atoms with E-state index in [1.54, 1.807) is 26.3 Å². The number of benzene rings is 1. The van der Waals surface area contributed by atoms with Crippen molar-refractivity contribution in [2.24, 2.45) is 0 Å². The van der Waals surface area contributed by atoms with Crippen molar-refractivity contribution in [3.63, 3.8) is 0 Å². The van der Waals surface area contributed by atoms with Gasteiger partial charge in [-0.1, -0.05) is 13.0 Å². The van der Waals surface area contributed by atoms with Crippen LogP contribution < -0.4 is 14.8 Å². The van der Waals surface area contributed by atoms with Gasteiger partial charge in [0.1, 0.15) is 11.5 Å². The summed E-state index contributed by atoms with van der Waals surface area (Å²) >= 11 is 0. The fourth-order valence-electron chi connectivity index (χ4n) is 1.32. The van der Waals surface area contributed by atoms with Gasteiger partial charge in [-0.05, 0) is 18.6 Å². The monoisotopic (exact) mass is 223 g/mol. The van der Waals surface area contributed by atoms with Crippen molar-refractivity contribution in [1.29, 1.82) is 0 Å². The zero-order chi connectivity index (χ0) is 12.0. The minimum Gasteiger partial charge on any atom is -0.497 e. The quantitative estimate of drug-likeness (QED) is 0.824. The van der Waals surface area contributed by atoms with Crippen LogP contribution in [-0.4, -0.2) is 26.2 Å². The molecule has 1 amide bonds. The minimum absolute atomic E-state index is 0.120. The number of nitrogens with one attached hydrogen (secondary N) is 1. The summed E-state index contributed by atoms with van der Waals surface area (Å²) in [5.74, 6) is 1.23. The average molecular weight is 223 g/mol. The molecule has 0 unspecified atom stereocenters. The smallest absolute Gasteiger partial charge is 0.260 e. The topological polar surface area (TPSA) is 47.6 Å². The van der Waals surface area contributed by atoms with E-state index >= 15 is 0 Å². The zero-order valence-corrected chi connectivity index (χ0v) is 9.82. The molecule has 1 aromatic rings. The fourth-order valence-corrected chi connectivity index (χ4v) is 1.32. The van der Waals surface area contributed by atoms with Crippen molar-refractivity contribution in [1.82, 2.24) is 5.32 Å². The molecule has 0 aliphatic carbocycles. The third-order valence-corrected chi connectivity index (χ3v) is 2.23. The van der Waals surface area contributed by atoms with E-state index in [2.05, 4.69) is 5.32 Å². The standard InChI is InChI=1S/C12H17NO3/c1-4-11(12(14)13-2)16-10-7-5-6-9(8-10)15-3/h5-8,11H,4H2,1-3H3,(H,13,14)/t11-/m1/s1. The lowest BCUT2D eigenvalue weighted by molar-refractivity contribution is -0.127. The SMILES string of the molecule is CC[C@@H](Oc1cccc(OC)c1)C(=O)NC. The second-order valence-electron chi connectivity index (χ2n) is 3.31. The third kappa shape index (κ3) is 3.15. The third-order valence-electron chi connectivity index (χ3n) is 2.23. The molecule has 0 fully saturated rings. The highest BCUT2D eigenvalue weighted by molar-refractivity contribution is 5.80. The number of likely N-dealkylation sites (N-methyl/N-ethyl adjacent to an activating group) is 1. The number of carbonyl (C=O) groups excluding carboxylic acids is 1. The summed E-state index contributed by atoms with van der Waals surface area (Å²) in [5.41, 5.74) is 0. The number of ether oxygens (including phenoxy) is 2. The van der Waals surface area contributed by atoms with Gasteiger partial charge in [0.2, 0.25) is 0 Å². The van der Waals surface area contributed by atoms with Crippen molar-refractivity contribution in [3.8, 4) is 11.5 Å². The molecule has 4 nitrogen and oxygen atoms in total. The van der Waals surface area contributed by atoms with Gasteiger partial charge in [0.25, 0.3) is 5.91 Å². The molecule has 0 bridgehead atoms. The van der Waals surface area contributed by atoms with E-state index in [9.17, 15) is 4.79 Å². The summed E-state index contributed by atoms with van der Waals surface area (Å²) in [6, 6.07) is 7.21. The van der Waals surface area contributed by atoms with E-state index in [1.165, 1.54) is 0 Å². The molecule has 88 valence electrons. The lowest BCUT2D eigenvalue weighted by Gasteiger charge is -2.16. The molecule has 1 aromatic carbocycles. The molecule has 0 spiro atoms. The highest BCUT2D eigenvalue weighted by Crippen LogP contribution is 2.20. The maximum absolute atomic E-state index is 11.4. The van der Waals surface area contributed by atoms with Crippen molar-refractivity contribution in [2.45, 2.75) is 19.4 Å². The van der Waals surface area contributed by atoms with Crippen LogP contribution in [0.5, 0.6) is 11.5 Å². The first-order chi connectivity index (χ1) is 7.71. The summed E-state index contributed by atoms with van der Waals surface area (Å²) in [6.07, 6.45) is 0.161. The van der Waals surface area contributed by atoms with Gasteiger partial charge in [-0.2, -0.15) is 0 Å². The second-order valence-corrected chi connectivity index (χ2v) is 3.31. The lowest BCUT2D eigenvalue weighted by atomic mass is 10.2. The van der Waals surface area contributed by atoms with Crippen molar-refractivity contribution >= 4 is 5.91 Å². The van der Waals surface area contributed by atoms with Crippen molar-refractivity contribution in [3.05, 3.63) is 24.3 Å². The molecular weight excluding hydrogens is 206 g/mol. The van der Waals surface area contributed by atoms with Crippen molar-refractivity contribution in [2.75, 3.05) is 14.2 Å². The van der Waals surface area contributed by atoms with Crippen LogP contribution in [0.15, 0.2) is 24.3 Å². The predicted molar refractivity (Wildman–Crippen MR) is 61.8 cm³/mol. The van der Waals surface area contributed by atoms with E-state index < -0.39 is 6.10 Å². The molecular formula is C12H17NO3. The van der Waals surface area contributed by atoms with E-state index in [0.29, 0.717) is 17.9 Å². The van der Waals surface area contributed by atoms with Crippen LogP contribution in [0, 0.1) is 0 Å². The van der Waals surface area contributed by atoms with E-state index in [1.807, 2.05) is 19.1 Å². The Balaban J connectivity index is 2.73. The summed E-state index contributed by atoms with van der Waals surface area (Å²) in [7, 11) is 3.19. The Morgan fingerprint density at radius 1 is 1.44 bits per heavy atom. The van der Waals surface area contributed by atoms with Gasteiger partial charge in [0.05, 0.1) is 7.11 Å². The van der Waals surface area contributed by atoms with Gasteiger partial charge >= 0.3 is 0 Å². The Labute approximate surface area is 95.6 Å². The molecule has 1 atom stereocenters. The fraction of sp³-hybridized carbons (Fsp3) is 0.417. The molecule has 0 aromatic heterocycles. The zero-order valence-electron chi connectivity index (χ0n) is 9.82. The van der Waals surface area contributed by atoms with Crippen LogP contribution in [0.1, 0.15) is 13.3 Å². The van der Waals surface area contributed by atoms with Crippen molar-refractivity contribution < 1.29 is 14.3 Å². The summed E-state index contributed by atoms with van der Waals surface area (Å²) in [5, 5.41) is 2.57. The average Bonchev–Trinajstić information content (AvgIpc) is 2.35. The van der Waals surface area contributed by atoms with Gasteiger partial charge < -0.3 is 14.8 Å². The van der Waals surface area contributed by atoms with Gasteiger partial charge in [0.15, 0.2) is 6.10 Å². The van der Waals surface area contributed by atoms with Crippen LogP contribution >= 0.6 is 0 Å². The first-order valence-electron chi connectivity index (χ1n) is 5.23. The largest absolute Gasteiger partial charge is 0.497 e. The molecule has 16 heavy (non-hydrogen) atoms. The Morgan fingerprint density at radius 2 is 2.12 bits per heavy atom. The number of hydrogen-bond acceptors (Lipinski definition) is 3. The van der Waals surface area contributed by atoms with Gasteiger partial charge in [-0.3, -0.25) is 4.79 Å². The molecule has 0 radical (unpaired) electrons. The van der Waals surface area contributed by atoms with Crippen LogP contribution in [0.3, 0.4) is 0 Å². The van der Waals surface area contributed by atoms with E-state index in [4.69, 9.17) is 9.47 Å². The van der Waals surface area contributed by atoms with Gasteiger partial charge in [-0.25, -0.2) is 0 Å². The van der Waals surface area contributed by atoms with Gasteiger partial charge in [0, 0.05) is 13.1 Å². The normalized spacial score (nSPS) is 11.7. The van der Waals surface area contributed by atoms with Crippen LogP contribution in [0.4, 0.5) is 0 Å². The maximum atomic E-state index is 11.4. The summed E-state index contributed by atoms with van der Waals surface area (Å²) in [6.45, 7) is 1.90. The Morgan fingerprint density at radius 3 is 2.69 bits per heavy atom. The highest BCUT2D eigenvalue weighted by atomic mass is 16.5. The van der Waals surface area contributed by atoms with E-state index in [-0.39, 0.29) is 5.91 Å². The summed E-state index contributed by atoms with van der Waals surface area (Å²) < 4.78 is 10.6. The number of amides is 1. The molecule has 0 aliphatic rings. The summed E-state index contributed by atoms with van der Waals surface area (Å²) in [4.78, 5) is 11.4. The van der Waals surface area contributed by atoms with Gasteiger partial charge in [-0.15, -0.1) is 0 Å². The molecule has 0 saturated heterocycles. The molecule has 0 saturated carbocycles. The number of rotatable bonds is 5. The number of hydrogen-bond donors (Lipinski definition) is 1. The molecule has 0 heterocycles. The van der Waals surface area contributed by atoms with Crippen LogP contribution in [0.2, 0.25) is 0 Å². The number of methoxy groups -OCH3 is 1. The first-order valence-corrected chi connectivity index (χ1v) is 5.23. The first kappa shape index (κ1) is 12.4. The molecule has 0 aliphatic heterocycles. The Hall–Kier alpha value is -1.71. The molecule has 1 N–H and O–H groups in total. The predicted octanol–water partition coefficient (Wildman–Crippen LogP) is 1.60.